The quantitative estimate of drug-likeness (QED) is 0.447. The molecule has 0 amide bonds. The summed E-state index contributed by atoms with van der Waals surface area (Å²) < 4.78 is 43.5. The molecule has 0 radical (unpaired) electrons. The zero-order valence-electron chi connectivity index (χ0n) is 13.9. The summed E-state index contributed by atoms with van der Waals surface area (Å²) in [6.45, 7) is 5.58. The van der Waals surface area contributed by atoms with E-state index in [1.165, 1.54) is 0 Å². The Balaban J connectivity index is 4.50. The fourth-order valence-electron chi connectivity index (χ4n) is 2.19. The van der Waals surface area contributed by atoms with Gasteiger partial charge in [0, 0.05) is 0 Å². The Hall–Kier alpha value is -0.780. The second-order valence-corrected chi connectivity index (χ2v) is 5.89. The minimum absolute atomic E-state index is 0.127. The molecule has 0 spiro atoms. The zero-order chi connectivity index (χ0) is 17.2. The van der Waals surface area contributed by atoms with Crippen molar-refractivity contribution in [2.75, 3.05) is 0 Å². The Morgan fingerprint density at radius 2 is 1.64 bits per heavy atom. The van der Waals surface area contributed by atoms with Crippen LogP contribution >= 0.6 is 0 Å². The number of carbonyl (C=O) groups is 1. The van der Waals surface area contributed by atoms with Crippen LogP contribution in [0.3, 0.4) is 0 Å². The van der Waals surface area contributed by atoms with Crippen LogP contribution in [-0.4, -0.2) is 24.3 Å². The van der Waals surface area contributed by atoms with Gasteiger partial charge in [-0.2, -0.15) is 13.2 Å². The van der Waals surface area contributed by atoms with Gasteiger partial charge >= 0.3 is 12.1 Å². The first-order chi connectivity index (χ1) is 10.2. The minimum Gasteiger partial charge on any atom is -0.462 e. The van der Waals surface area contributed by atoms with Gasteiger partial charge in [0.05, 0.1) is 12.0 Å². The van der Waals surface area contributed by atoms with Gasteiger partial charge in [-0.15, -0.1) is 0 Å². The van der Waals surface area contributed by atoms with E-state index < -0.39 is 24.1 Å². The van der Waals surface area contributed by atoms with Gasteiger partial charge in [-0.1, -0.05) is 52.4 Å². The third kappa shape index (κ3) is 8.61. The predicted molar refractivity (Wildman–Crippen MR) is 81.4 cm³/mol. The highest BCUT2D eigenvalue weighted by atomic mass is 19.4. The number of ether oxygens (including phenoxy) is 1. The van der Waals surface area contributed by atoms with Crippen molar-refractivity contribution in [3.63, 3.8) is 0 Å². The number of nitrogens with two attached hydrogens (primary N) is 1. The van der Waals surface area contributed by atoms with Crippen molar-refractivity contribution in [3.8, 4) is 0 Å². The van der Waals surface area contributed by atoms with Gasteiger partial charge < -0.3 is 10.5 Å². The van der Waals surface area contributed by atoms with Gasteiger partial charge in [-0.25, -0.2) is 0 Å². The van der Waals surface area contributed by atoms with Gasteiger partial charge in [0.2, 0.25) is 0 Å². The van der Waals surface area contributed by atoms with Crippen molar-refractivity contribution in [1.29, 1.82) is 0 Å². The van der Waals surface area contributed by atoms with Crippen LogP contribution in [0.15, 0.2) is 0 Å². The highest BCUT2D eigenvalue weighted by Crippen LogP contribution is 2.28. The first kappa shape index (κ1) is 21.2. The van der Waals surface area contributed by atoms with E-state index in [0.29, 0.717) is 12.8 Å². The summed E-state index contributed by atoms with van der Waals surface area (Å²) in [5, 5.41) is 0. The summed E-state index contributed by atoms with van der Waals surface area (Å²) in [4.78, 5) is 12.0. The highest BCUT2D eigenvalue weighted by Gasteiger charge is 2.45. The Morgan fingerprint density at radius 1 is 1.09 bits per heavy atom. The summed E-state index contributed by atoms with van der Waals surface area (Å²) in [6, 6.07) is -2.15. The van der Waals surface area contributed by atoms with E-state index in [1.54, 1.807) is 6.92 Å². The molecule has 6 heteroatoms. The minimum atomic E-state index is -4.58. The SMILES string of the molecule is CCCCCCCC[C@H](C(=O)OC(C)CC)[C@H](N)C(F)(F)F. The zero-order valence-corrected chi connectivity index (χ0v) is 13.9. The highest BCUT2D eigenvalue weighted by molar-refractivity contribution is 5.73. The average molecular weight is 325 g/mol. The lowest BCUT2D eigenvalue weighted by Gasteiger charge is -2.25. The lowest BCUT2D eigenvalue weighted by molar-refractivity contribution is -0.179. The number of alkyl halides is 3. The van der Waals surface area contributed by atoms with E-state index in [9.17, 15) is 18.0 Å². The van der Waals surface area contributed by atoms with Crippen LogP contribution in [0.2, 0.25) is 0 Å². The van der Waals surface area contributed by atoms with Crippen LogP contribution < -0.4 is 5.73 Å². The van der Waals surface area contributed by atoms with Crippen LogP contribution in [0.1, 0.15) is 72.1 Å². The molecule has 3 atom stereocenters. The fourth-order valence-corrected chi connectivity index (χ4v) is 2.19. The smallest absolute Gasteiger partial charge is 0.404 e. The molecule has 0 aromatic rings. The monoisotopic (exact) mass is 325 g/mol. The van der Waals surface area contributed by atoms with Gasteiger partial charge in [0.1, 0.15) is 6.04 Å². The second kappa shape index (κ2) is 10.9. The van der Waals surface area contributed by atoms with Crippen LogP contribution in [0.5, 0.6) is 0 Å². The van der Waals surface area contributed by atoms with Crippen molar-refractivity contribution < 1.29 is 22.7 Å². The first-order valence-electron chi connectivity index (χ1n) is 8.26. The van der Waals surface area contributed by atoms with E-state index in [-0.39, 0.29) is 12.5 Å². The second-order valence-electron chi connectivity index (χ2n) is 5.89. The van der Waals surface area contributed by atoms with Crippen LogP contribution in [0.25, 0.3) is 0 Å². The standard InChI is InChI=1S/C16H30F3NO2/c1-4-6-7-8-9-10-11-13(14(20)16(17,18)19)15(21)22-12(3)5-2/h12-14H,4-11,20H2,1-3H3/t12?,13-,14-/m0/s1. The van der Waals surface area contributed by atoms with Crippen molar-refractivity contribution in [2.24, 2.45) is 11.7 Å². The molecule has 3 nitrogen and oxygen atoms in total. The molecule has 0 heterocycles. The van der Waals surface area contributed by atoms with Crippen molar-refractivity contribution in [1.82, 2.24) is 0 Å². The molecular weight excluding hydrogens is 295 g/mol. The van der Waals surface area contributed by atoms with E-state index in [0.717, 1.165) is 32.1 Å². The Morgan fingerprint density at radius 3 is 2.14 bits per heavy atom. The van der Waals surface area contributed by atoms with Crippen molar-refractivity contribution in [2.45, 2.75) is 90.5 Å². The number of halogens is 3. The molecular formula is C16H30F3NO2. The molecule has 0 rings (SSSR count). The number of hydrogen-bond acceptors (Lipinski definition) is 3. The Labute approximate surface area is 131 Å². The molecule has 0 aromatic heterocycles. The largest absolute Gasteiger partial charge is 0.462 e. The normalized spacial score (nSPS) is 16.1. The third-order valence-electron chi connectivity index (χ3n) is 3.88. The molecule has 0 saturated heterocycles. The number of unbranched alkanes of at least 4 members (excludes halogenated alkanes) is 5. The summed E-state index contributed by atoms with van der Waals surface area (Å²) in [6.07, 6.45) is 1.39. The van der Waals surface area contributed by atoms with Crippen molar-refractivity contribution >= 4 is 5.97 Å². The van der Waals surface area contributed by atoms with Gasteiger partial charge in [0.25, 0.3) is 0 Å². The van der Waals surface area contributed by atoms with E-state index in [4.69, 9.17) is 10.5 Å². The molecule has 132 valence electrons. The Kier molecular flexibility index (Phi) is 10.5. The van der Waals surface area contributed by atoms with E-state index >= 15 is 0 Å². The molecule has 0 aliphatic heterocycles. The van der Waals surface area contributed by atoms with Gasteiger partial charge in [-0.3, -0.25) is 4.79 Å². The van der Waals surface area contributed by atoms with Crippen LogP contribution in [0.4, 0.5) is 13.2 Å². The molecule has 0 aliphatic rings. The predicted octanol–water partition coefficient (Wildman–Crippen LogP) is 4.58. The lowest BCUT2D eigenvalue weighted by Crippen LogP contribution is -2.47. The summed E-state index contributed by atoms with van der Waals surface area (Å²) in [5.41, 5.74) is 5.25. The van der Waals surface area contributed by atoms with E-state index in [2.05, 4.69) is 6.92 Å². The first-order valence-corrected chi connectivity index (χ1v) is 8.26. The number of rotatable bonds is 11. The molecule has 0 aromatic carbocycles. The maximum absolute atomic E-state index is 12.8. The van der Waals surface area contributed by atoms with Crippen molar-refractivity contribution in [3.05, 3.63) is 0 Å². The maximum Gasteiger partial charge on any atom is 0.404 e. The number of carbonyl (C=O) groups excluding carboxylic acids is 1. The van der Waals surface area contributed by atoms with Crippen LogP contribution in [-0.2, 0) is 9.53 Å². The molecule has 22 heavy (non-hydrogen) atoms. The topological polar surface area (TPSA) is 52.3 Å². The van der Waals surface area contributed by atoms with E-state index in [1.807, 2.05) is 6.92 Å². The number of esters is 1. The van der Waals surface area contributed by atoms with Crippen LogP contribution in [0, 0.1) is 5.92 Å². The summed E-state index contributed by atoms with van der Waals surface area (Å²) in [5.74, 6) is -2.13. The van der Waals surface area contributed by atoms with Gasteiger partial charge in [-0.05, 0) is 19.8 Å². The average Bonchev–Trinajstić information content (AvgIpc) is 2.44. The van der Waals surface area contributed by atoms with Gasteiger partial charge in [0.15, 0.2) is 0 Å². The summed E-state index contributed by atoms with van der Waals surface area (Å²) in [7, 11) is 0. The lowest BCUT2D eigenvalue weighted by atomic mass is 9.93. The molecule has 2 N–H and O–H groups in total. The molecule has 0 saturated carbocycles. The summed E-state index contributed by atoms with van der Waals surface area (Å²) >= 11 is 0. The molecule has 0 bridgehead atoms. The molecule has 0 fully saturated rings. The molecule has 1 unspecified atom stereocenters. The fraction of sp³-hybridized carbons (Fsp3) is 0.938. The third-order valence-corrected chi connectivity index (χ3v) is 3.88. The maximum atomic E-state index is 12.8. The molecule has 0 aliphatic carbocycles. The number of hydrogen-bond donors (Lipinski definition) is 1. The Bertz CT molecular complexity index is 308.